The summed E-state index contributed by atoms with van der Waals surface area (Å²) >= 11 is 0. The third kappa shape index (κ3) is 3.38. The van der Waals surface area contributed by atoms with E-state index in [0.717, 1.165) is 32.8 Å². The lowest BCUT2D eigenvalue weighted by atomic mass is 9.90. The molecule has 5 nitrogen and oxygen atoms in total. The summed E-state index contributed by atoms with van der Waals surface area (Å²) in [5.74, 6) is -0.987. The van der Waals surface area contributed by atoms with Crippen LogP contribution in [0.5, 0.6) is 0 Å². The molecule has 0 atom stereocenters. The van der Waals surface area contributed by atoms with Crippen molar-refractivity contribution in [2.24, 2.45) is 0 Å². The molecule has 0 bridgehead atoms. The van der Waals surface area contributed by atoms with Crippen molar-refractivity contribution in [3.05, 3.63) is 82.0 Å². The van der Waals surface area contributed by atoms with E-state index in [1.165, 1.54) is 6.07 Å². The quantitative estimate of drug-likeness (QED) is 0.204. The van der Waals surface area contributed by atoms with E-state index < -0.39 is 5.97 Å². The minimum Gasteiger partial charge on any atom is -0.478 e. The van der Waals surface area contributed by atoms with Crippen LogP contribution >= 0.6 is 0 Å². The van der Waals surface area contributed by atoms with E-state index >= 15 is 0 Å². The molecule has 4 aromatic rings. The Hall–Kier alpha value is -3.86. The highest BCUT2D eigenvalue weighted by Gasteiger charge is 2.21. The zero-order valence-corrected chi connectivity index (χ0v) is 17.9. The summed E-state index contributed by atoms with van der Waals surface area (Å²) in [6.07, 6.45) is 3.43. The first-order chi connectivity index (χ1) is 14.8. The molecule has 0 fully saturated rings. The molecule has 0 radical (unpaired) electrons. The number of anilines is 1. The van der Waals surface area contributed by atoms with E-state index in [2.05, 4.69) is 0 Å². The van der Waals surface area contributed by atoms with Crippen molar-refractivity contribution in [1.82, 2.24) is 0 Å². The molecule has 4 rings (SSSR count). The van der Waals surface area contributed by atoms with E-state index in [0.29, 0.717) is 16.7 Å². The lowest BCUT2D eigenvalue weighted by Gasteiger charge is -2.18. The average Bonchev–Trinajstić information content (AvgIpc) is 2.75. The summed E-state index contributed by atoms with van der Waals surface area (Å²) in [5.41, 5.74) is 3.81. The fourth-order valence-corrected chi connectivity index (χ4v) is 4.04. The molecule has 1 N–H and O–H groups in total. The highest BCUT2D eigenvalue weighted by Crippen LogP contribution is 2.40. The lowest BCUT2D eigenvalue weighted by molar-refractivity contribution is -0.132. The molecule has 0 amide bonds. The van der Waals surface area contributed by atoms with Gasteiger partial charge in [0.25, 0.3) is 0 Å². The highest BCUT2D eigenvalue weighted by atomic mass is 16.4. The van der Waals surface area contributed by atoms with Crippen molar-refractivity contribution in [1.29, 1.82) is 0 Å². The molecular formula is C26H23NO4. The van der Waals surface area contributed by atoms with Crippen LogP contribution in [0.15, 0.2) is 75.5 Å². The number of benzene rings is 3. The van der Waals surface area contributed by atoms with Gasteiger partial charge in [0.1, 0.15) is 11.2 Å². The monoisotopic (exact) mass is 413 g/mol. The molecule has 0 aliphatic carbocycles. The number of allylic oxidation sites excluding steroid dienone is 2. The fraction of sp³-hybridized carbons (Fsp3) is 0.154. The number of nitrogens with zero attached hydrogens (tertiary/aromatic N) is 1. The minimum absolute atomic E-state index is 0.0704. The van der Waals surface area contributed by atoms with Crippen LogP contribution in [0.3, 0.4) is 0 Å². The topological polar surface area (TPSA) is 70.8 Å². The maximum atomic E-state index is 12.0. The summed E-state index contributed by atoms with van der Waals surface area (Å²) in [4.78, 5) is 25.8. The summed E-state index contributed by atoms with van der Waals surface area (Å²) in [7, 11) is 3.90. The van der Waals surface area contributed by atoms with Crippen LogP contribution in [0.2, 0.25) is 0 Å². The fourth-order valence-electron chi connectivity index (χ4n) is 4.04. The Morgan fingerprint density at radius 1 is 0.935 bits per heavy atom. The molecule has 0 aliphatic heterocycles. The van der Waals surface area contributed by atoms with Crippen LogP contribution in [0, 0.1) is 0 Å². The van der Waals surface area contributed by atoms with Gasteiger partial charge >= 0.3 is 5.97 Å². The van der Waals surface area contributed by atoms with Gasteiger partial charge in [-0.3, -0.25) is 4.79 Å². The predicted molar refractivity (Wildman–Crippen MR) is 127 cm³/mol. The van der Waals surface area contributed by atoms with Gasteiger partial charge in [0.05, 0.1) is 5.57 Å². The molecule has 5 heteroatoms. The summed E-state index contributed by atoms with van der Waals surface area (Å²) < 4.78 is 6.38. The Morgan fingerprint density at radius 3 is 2.29 bits per heavy atom. The van der Waals surface area contributed by atoms with Gasteiger partial charge in [0.15, 0.2) is 5.43 Å². The Bertz CT molecular complexity index is 1470. The van der Waals surface area contributed by atoms with Gasteiger partial charge in [0, 0.05) is 47.6 Å². The summed E-state index contributed by atoms with van der Waals surface area (Å²) in [5, 5.41) is 13.0. The Kier molecular flexibility index (Phi) is 5.11. The molecule has 3 aromatic carbocycles. The van der Waals surface area contributed by atoms with Gasteiger partial charge in [-0.1, -0.05) is 18.2 Å². The van der Waals surface area contributed by atoms with Gasteiger partial charge < -0.3 is 14.4 Å². The first-order valence-electron chi connectivity index (χ1n) is 10.0. The molecule has 1 heterocycles. The number of hydrogen-bond donors (Lipinski definition) is 1. The van der Waals surface area contributed by atoms with E-state index in [-0.39, 0.29) is 11.0 Å². The largest absolute Gasteiger partial charge is 0.478 e. The number of carbonyl (C=O) groups is 1. The molecule has 0 aliphatic rings. The summed E-state index contributed by atoms with van der Waals surface area (Å²) in [6, 6.07) is 14.5. The molecule has 1 aromatic heterocycles. The second-order valence-electron chi connectivity index (χ2n) is 7.59. The van der Waals surface area contributed by atoms with Crippen molar-refractivity contribution in [3.8, 4) is 0 Å². The van der Waals surface area contributed by atoms with Crippen molar-refractivity contribution in [3.63, 3.8) is 0 Å². The zero-order valence-electron chi connectivity index (χ0n) is 17.9. The van der Waals surface area contributed by atoms with E-state index in [1.54, 1.807) is 25.1 Å². The SMILES string of the molecule is C/C=C(\C(=C/C)C(=O)O)c1c2ccc(N(C)C)cc2oc2c1ccc1cc(=O)ccc12. The van der Waals surface area contributed by atoms with Crippen molar-refractivity contribution < 1.29 is 14.3 Å². The first-order valence-corrected chi connectivity index (χ1v) is 10.0. The van der Waals surface area contributed by atoms with Crippen LogP contribution in [0.1, 0.15) is 19.4 Å². The van der Waals surface area contributed by atoms with Gasteiger partial charge in [0.2, 0.25) is 0 Å². The molecule has 0 saturated carbocycles. The van der Waals surface area contributed by atoms with E-state index in [1.807, 2.05) is 62.3 Å². The zero-order chi connectivity index (χ0) is 22.3. The Labute approximate surface area is 179 Å². The molecule has 156 valence electrons. The van der Waals surface area contributed by atoms with Crippen molar-refractivity contribution >= 4 is 49.9 Å². The van der Waals surface area contributed by atoms with Crippen LogP contribution < -0.4 is 10.3 Å². The molecular weight excluding hydrogens is 390 g/mol. The Balaban J connectivity index is 2.23. The number of rotatable bonds is 4. The maximum absolute atomic E-state index is 12.0. The van der Waals surface area contributed by atoms with E-state index in [9.17, 15) is 14.7 Å². The average molecular weight is 413 g/mol. The van der Waals surface area contributed by atoms with Gasteiger partial charge in [-0.15, -0.1) is 0 Å². The second kappa shape index (κ2) is 7.76. The minimum atomic E-state index is -0.987. The number of aliphatic carboxylic acids is 1. The Morgan fingerprint density at radius 2 is 1.65 bits per heavy atom. The predicted octanol–water partition coefficient (Wildman–Crippen LogP) is 5.60. The normalized spacial score (nSPS) is 12.6. The summed E-state index contributed by atoms with van der Waals surface area (Å²) in [6.45, 7) is 3.56. The van der Waals surface area contributed by atoms with Crippen LogP contribution in [0.4, 0.5) is 5.69 Å². The van der Waals surface area contributed by atoms with Crippen molar-refractivity contribution in [2.45, 2.75) is 13.8 Å². The molecule has 31 heavy (non-hydrogen) atoms. The number of fused-ring (bicyclic) bond motifs is 4. The number of hydrogen-bond acceptors (Lipinski definition) is 4. The second-order valence-corrected chi connectivity index (χ2v) is 7.59. The van der Waals surface area contributed by atoms with Gasteiger partial charge in [-0.05, 0) is 61.2 Å². The van der Waals surface area contributed by atoms with Crippen molar-refractivity contribution in [2.75, 3.05) is 19.0 Å². The molecule has 0 spiro atoms. The first kappa shape index (κ1) is 20.4. The van der Waals surface area contributed by atoms with Crippen LogP contribution in [-0.4, -0.2) is 25.2 Å². The third-order valence-corrected chi connectivity index (χ3v) is 5.54. The molecule has 0 unspecified atom stereocenters. The van der Waals surface area contributed by atoms with Gasteiger partial charge in [-0.2, -0.15) is 0 Å². The maximum Gasteiger partial charge on any atom is 0.335 e. The third-order valence-electron chi connectivity index (χ3n) is 5.54. The molecule has 0 saturated heterocycles. The number of carboxylic acids is 1. The van der Waals surface area contributed by atoms with Crippen LogP contribution in [0.25, 0.3) is 38.3 Å². The number of carboxylic acid groups (broad SMARTS) is 1. The van der Waals surface area contributed by atoms with Crippen LogP contribution in [-0.2, 0) is 4.79 Å². The highest BCUT2D eigenvalue weighted by molar-refractivity contribution is 6.18. The van der Waals surface area contributed by atoms with E-state index in [4.69, 9.17) is 4.42 Å². The standard InChI is InChI=1S/C26H23NO4/c1-5-18(19(6-2)26(29)30)24-21-11-8-16(27(3)4)14-23(21)31-25-20-12-9-17(28)13-15(20)7-10-22(24)25/h5-14H,1-4H3,(H,29,30)/b18-5+,19-6+. The smallest absolute Gasteiger partial charge is 0.335 e. The lowest BCUT2D eigenvalue weighted by Crippen LogP contribution is -2.08. The van der Waals surface area contributed by atoms with Gasteiger partial charge in [-0.25, -0.2) is 4.79 Å².